The summed E-state index contributed by atoms with van der Waals surface area (Å²) in [4.78, 5) is 24.6. The molecule has 0 bridgehead atoms. The van der Waals surface area contributed by atoms with Gasteiger partial charge in [-0.15, -0.1) is 0 Å². The number of hydrogen-bond acceptors (Lipinski definition) is 2. The standard InChI is InChI=1S/C12H13BrN2O2/c13-8-11(16)14-9-3-1-4-10(7-9)15-6-2-5-12(15)17/h1,3-4,7H,2,5-6,8H2,(H,14,16). The SMILES string of the molecule is O=C(CBr)Nc1cccc(N2CCCC2=O)c1. The lowest BCUT2D eigenvalue weighted by Gasteiger charge is -2.16. The van der Waals surface area contributed by atoms with E-state index < -0.39 is 0 Å². The van der Waals surface area contributed by atoms with Gasteiger partial charge >= 0.3 is 0 Å². The molecule has 0 radical (unpaired) electrons. The molecule has 1 N–H and O–H groups in total. The van der Waals surface area contributed by atoms with E-state index in [0.29, 0.717) is 12.1 Å². The van der Waals surface area contributed by atoms with E-state index >= 15 is 0 Å². The molecule has 0 aliphatic carbocycles. The molecule has 0 atom stereocenters. The molecular weight excluding hydrogens is 284 g/mol. The van der Waals surface area contributed by atoms with Crippen LogP contribution < -0.4 is 10.2 Å². The molecule has 1 aliphatic heterocycles. The molecule has 0 unspecified atom stereocenters. The van der Waals surface area contributed by atoms with Gasteiger partial charge in [0.05, 0.1) is 5.33 Å². The third-order valence-electron chi connectivity index (χ3n) is 2.64. The highest BCUT2D eigenvalue weighted by atomic mass is 79.9. The van der Waals surface area contributed by atoms with Crippen molar-refractivity contribution in [2.75, 3.05) is 22.1 Å². The first-order chi connectivity index (χ1) is 8.20. The quantitative estimate of drug-likeness (QED) is 0.869. The van der Waals surface area contributed by atoms with Gasteiger partial charge < -0.3 is 10.2 Å². The molecule has 0 aromatic heterocycles. The predicted octanol–water partition coefficient (Wildman–Crippen LogP) is 2.15. The molecule has 2 rings (SSSR count). The number of benzene rings is 1. The van der Waals surface area contributed by atoms with Crippen LogP contribution in [0, 0.1) is 0 Å². The van der Waals surface area contributed by atoms with Crippen LogP contribution >= 0.6 is 15.9 Å². The Morgan fingerprint density at radius 2 is 2.29 bits per heavy atom. The van der Waals surface area contributed by atoms with E-state index in [1.807, 2.05) is 24.3 Å². The summed E-state index contributed by atoms with van der Waals surface area (Å²) in [6.07, 6.45) is 1.51. The molecular formula is C12H13BrN2O2. The van der Waals surface area contributed by atoms with Crippen LogP contribution in [0.3, 0.4) is 0 Å². The van der Waals surface area contributed by atoms with Crippen molar-refractivity contribution >= 4 is 39.1 Å². The first kappa shape index (κ1) is 12.1. The summed E-state index contributed by atoms with van der Waals surface area (Å²) in [5.41, 5.74) is 1.56. The number of anilines is 2. The summed E-state index contributed by atoms with van der Waals surface area (Å²) in [5.74, 6) is 0.0452. The van der Waals surface area contributed by atoms with Gasteiger partial charge in [0, 0.05) is 24.3 Å². The lowest BCUT2D eigenvalue weighted by atomic mass is 10.2. The van der Waals surface area contributed by atoms with Crippen molar-refractivity contribution in [3.63, 3.8) is 0 Å². The number of amides is 2. The van der Waals surface area contributed by atoms with E-state index in [-0.39, 0.29) is 17.1 Å². The van der Waals surface area contributed by atoms with Crippen LogP contribution in [-0.2, 0) is 9.59 Å². The Morgan fingerprint density at radius 1 is 1.47 bits per heavy atom. The average molecular weight is 297 g/mol. The van der Waals surface area contributed by atoms with Crippen LogP contribution in [0.25, 0.3) is 0 Å². The summed E-state index contributed by atoms with van der Waals surface area (Å²) >= 11 is 3.09. The molecule has 1 saturated heterocycles. The number of carbonyl (C=O) groups is 2. The Labute approximate surface area is 108 Å². The minimum absolute atomic E-state index is 0.102. The Kier molecular flexibility index (Phi) is 3.78. The summed E-state index contributed by atoms with van der Waals surface area (Å²) in [6.45, 7) is 0.759. The van der Waals surface area contributed by atoms with Gasteiger partial charge in [0.1, 0.15) is 0 Å². The lowest BCUT2D eigenvalue weighted by Crippen LogP contribution is -2.23. The van der Waals surface area contributed by atoms with Crippen molar-refractivity contribution in [1.82, 2.24) is 0 Å². The van der Waals surface area contributed by atoms with E-state index in [1.54, 1.807) is 4.90 Å². The molecule has 0 saturated carbocycles. The Bertz CT molecular complexity index is 448. The number of hydrogen-bond donors (Lipinski definition) is 1. The van der Waals surface area contributed by atoms with E-state index in [9.17, 15) is 9.59 Å². The topological polar surface area (TPSA) is 49.4 Å². The highest BCUT2D eigenvalue weighted by Gasteiger charge is 2.21. The molecule has 90 valence electrons. The van der Waals surface area contributed by atoms with Crippen molar-refractivity contribution in [3.8, 4) is 0 Å². The van der Waals surface area contributed by atoms with Gasteiger partial charge in [-0.3, -0.25) is 9.59 Å². The van der Waals surface area contributed by atoms with Crippen molar-refractivity contribution in [3.05, 3.63) is 24.3 Å². The molecule has 17 heavy (non-hydrogen) atoms. The third-order valence-corrected chi connectivity index (χ3v) is 3.15. The molecule has 5 heteroatoms. The van der Waals surface area contributed by atoms with Gasteiger partial charge in [-0.05, 0) is 24.6 Å². The lowest BCUT2D eigenvalue weighted by molar-refractivity contribution is -0.117. The van der Waals surface area contributed by atoms with Crippen LogP contribution in [0.15, 0.2) is 24.3 Å². The molecule has 0 spiro atoms. The molecule has 1 aromatic carbocycles. The number of alkyl halides is 1. The Morgan fingerprint density at radius 3 is 2.94 bits per heavy atom. The summed E-state index contributed by atoms with van der Waals surface area (Å²) in [6, 6.07) is 7.35. The van der Waals surface area contributed by atoms with E-state index in [4.69, 9.17) is 0 Å². The maximum absolute atomic E-state index is 11.6. The minimum Gasteiger partial charge on any atom is -0.325 e. The van der Waals surface area contributed by atoms with Crippen LogP contribution in [0.2, 0.25) is 0 Å². The maximum atomic E-state index is 11.6. The number of halogens is 1. The van der Waals surface area contributed by atoms with Crippen LogP contribution in [0.1, 0.15) is 12.8 Å². The number of carbonyl (C=O) groups excluding carboxylic acids is 2. The van der Waals surface area contributed by atoms with Gasteiger partial charge in [-0.25, -0.2) is 0 Å². The Hall–Kier alpha value is -1.36. The van der Waals surface area contributed by atoms with Crippen LogP contribution in [0.4, 0.5) is 11.4 Å². The smallest absolute Gasteiger partial charge is 0.235 e. The second-order valence-electron chi connectivity index (χ2n) is 3.88. The molecule has 2 amide bonds. The van der Waals surface area contributed by atoms with Crippen molar-refractivity contribution in [2.24, 2.45) is 0 Å². The average Bonchev–Trinajstić information content (AvgIpc) is 2.75. The van der Waals surface area contributed by atoms with Crippen molar-refractivity contribution in [1.29, 1.82) is 0 Å². The summed E-state index contributed by atoms with van der Waals surface area (Å²) in [7, 11) is 0. The summed E-state index contributed by atoms with van der Waals surface area (Å²) < 4.78 is 0. The van der Waals surface area contributed by atoms with E-state index in [1.165, 1.54) is 0 Å². The van der Waals surface area contributed by atoms with Gasteiger partial charge in [-0.2, -0.15) is 0 Å². The van der Waals surface area contributed by atoms with Crippen molar-refractivity contribution < 1.29 is 9.59 Å². The van der Waals surface area contributed by atoms with Gasteiger partial charge in [0.2, 0.25) is 11.8 Å². The second-order valence-corrected chi connectivity index (χ2v) is 4.44. The van der Waals surface area contributed by atoms with Crippen LogP contribution in [0.5, 0.6) is 0 Å². The Balaban J connectivity index is 2.16. The zero-order chi connectivity index (χ0) is 12.3. The van der Waals surface area contributed by atoms with E-state index in [2.05, 4.69) is 21.2 Å². The molecule has 1 heterocycles. The third kappa shape index (κ3) is 2.85. The molecule has 4 nitrogen and oxygen atoms in total. The van der Waals surface area contributed by atoms with Crippen molar-refractivity contribution in [2.45, 2.75) is 12.8 Å². The predicted molar refractivity (Wildman–Crippen MR) is 70.5 cm³/mol. The van der Waals surface area contributed by atoms with Gasteiger partial charge in [0.25, 0.3) is 0 Å². The number of nitrogens with zero attached hydrogens (tertiary/aromatic N) is 1. The summed E-state index contributed by atoms with van der Waals surface area (Å²) in [5, 5.41) is 3.01. The number of nitrogens with one attached hydrogen (secondary N) is 1. The fourth-order valence-corrected chi connectivity index (χ4v) is 2.01. The fraction of sp³-hybridized carbons (Fsp3) is 0.333. The first-order valence-electron chi connectivity index (χ1n) is 5.47. The first-order valence-corrected chi connectivity index (χ1v) is 6.59. The second kappa shape index (κ2) is 5.31. The normalized spacial score (nSPS) is 15.1. The monoisotopic (exact) mass is 296 g/mol. The zero-order valence-electron chi connectivity index (χ0n) is 9.28. The highest BCUT2D eigenvalue weighted by molar-refractivity contribution is 9.09. The maximum Gasteiger partial charge on any atom is 0.235 e. The number of rotatable bonds is 3. The van der Waals surface area contributed by atoms with Gasteiger partial charge in [-0.1, -0.05) is 22.0 Å². The molecule has 1 aromatic rings. The zero-order valence-corrected chi connectivity index (χ0v) is 10.9. The van der Waals surface area contributed by atoms with E-state index in [0.717, 1.165) is 18.7 Å². The fourth-order valence-electron chi connectivity index (χ4n) is 1.87. The molecule has 1 fully saturated rings. The largest absolute Gasteiger partial charge is 0.325 e. The molecule has 1 aliphatic rings. The van der Waals surface area contributed by atoms with Gasteiger partial charge in [0.15, 0.2) is 0 Å². The van der Waals surface area contributed by atoms with Crippen LogP contribution in [-0.4, -0.2) is 23.7 Å². The highest BCUT2D eigenvalue weighted by Crippen LogP contribution is 2.24. The minimum atomic E-state index is -0.102.